The minimum atomic E-state index is -0.447. The smallest absolute Gasteiger partial charge is 0.253 e. The highest BCUT2D eigenvalue weighted by Gasteiger charge is 2.21. The summed E-state index contributed by atoms with van der Waals surface area (Å²) in [7, 11) is 0. The molecule has 168 valence electrons. The van der Waals surface area contributed by atoms with E-state index >= 15 is 0 Å². The Morgan fingerprint density at radius 1 is 1.13 bits per heavy atom. The molecule has 1 aromatic heterocycles. The molecule has 2 heterocycles. The van der Waals surface area contributed by atoms with Gasteiger partial charge in [0.1, 0.15) is 0 Å². The molecule has 1 fully saturated rings. The summed E-state index contributed by atoms with van der Waals surface area (Å²) in [5, 5.41) is 3.15. The van der Waals surface area contributed by atoms with Crippen LogP contribution in [0.5, 0.6) is 11.5 Å². The Kier molecular flexibility index (Phi) is 8.23. The van der Waals surface area contributed by atoms with Crippen LogP contribution in [0.15, 0.2) is 30.6 Å². The number of rotatable bonds is 8. The second-order valence-electron chi connectivity index (χ2n) is 7.90. The number of amides is 1. The van der Waals surface area contributed by atoms with Crippen molar-refractivity contribution in [1.29, 1.82) is 0 Å². The molecule has 0 bridgehead atoms. The fourth-order valence-electron chi connectivity index (χ4n) is 3.90. The number of hydrogen-bond donors (Lipinski definition) is 1. The number of pyridine rings is 1. The van der Waals surface area contributed by atoms with Gasteiger partial charge in [0.25, 0.3) is 5.91 Å². The van der Waals surface area contributed by atoms with Gasteiger partial charge >= 0.3 is 0 Å². The maximum Gasteiger partial charge on any atom is 0.253 e. The zero-order valence-corrected chi connectivity index (χ0v) is 18.6. The molecule has 0 unspecified atom stereocenters. The van der Waals surface area contributed by atoms with Crippen LogP contribution in [0.2, 0.25) is 0 Å². The van der Waals surface area contributed by atoms with Crippen molar-refractivity contribution < 1.29 is 18.7 Å². The molecular formula is C24H32FN3O3. The lowest BCUT2D eigenvalue weighted by Crippen LogP contribution is -2.35. The van der Waals surface area contributed by atoms with Crippen LogP contribution in [0.3, 0.4) is 0 Å². The van der Waals surface area contributed by atoms with Crippen LogP contribution >= 0.6 is 0 Å². The number of aryl methyl sites for hydroxylation is 1. The summed E-state index contributed by atoms with van der Waals surface area (Å²) in [6.07, 6.45) is 6.12. The van der Waals surface area contributed by atoms with E-state index in [9.17, 15) is 9.18 Å². The van der Waals surface area contributed by atoms with Gasteiger partial charge in [0.2, 0.25) is 5.82 Å². The Morgan fingerprint density at radius 2 is 1.84 bits per heavy atom. The van der Waals surface area contributed by atoms with Crippen LogP contribution in [0.4, 0.5) is 4.39 Å². The predicted molar refractivity (Wildman–Crippen MR) is 118 cm³/mol. The maximum atomic E-state index is 14.5. The van der Waals surface area contributed by atoms with Crippen LogP contribution in [-0.2, 0) is 6.54 Å². The fraction of sp³-hybridized carbons (Fsp3) is 0.500. The molecule has 31 heavy (non-hydrogen) atoms. The SMILES string of the molecule is CCOc1cc(CN2CCC[C@@H](NC(=O)c3cncc(C)c3)CC2)cc(OCC)c1F. The van der Waals surface area contributed by atoms with E-state index in [1.807, 2.05) is 26.8 Å². The number of aromatic nitrogens is 1. The lowest BCUT2D eigenvalue weighted by molar-refractivity contribution is 0.0932. The molecule has 1 amide bonds. The minimum absolute atomic E-state index is 0.0732. The van der Waals surface area contributed by atoms with Gasteiger partial charge < -0.3 is 14.8 Å². The number of hydrogen-bond acceptors (Lipinski definition) is 5. The molecule has 2 aromatic rings. The molecule has 1 aromatic carbocycles. The summed E-state index contributed by atoms with van der Waals surface area (Å²) < 4.78 is 25.4. The summed E-state index contributed by atoms with van der Waals surface area (Å²) in [6, 6.07) is 5.50. The van der Waals surface area contributed by atoms with Gasteiger partial charge in [0.05, 0.1) is 18.8 Å². The van der Waals surface area contributed by atoms with Crippen molar-refractivity contribution in [2.75, 3.05) is 26.3 Å². The highest BCUT2D eigenvalue weighted by molar-refractivity contribution is 5.94. The standard InChI is InChI=1S/C24H32FN3O3/c1-4-30-21-12-18(13-22(23(21)25)31-5-2)16-28-9-6-7-20(8-10-28)27-24(29)19-11-17(3)14-26-15-19/h11-15,20H,4-10,16H2,1-3H3,(H,27,29)/t20-/m1/s1. The van der Waals surface area contributed by atoms with E-state index < -0.39 is 5.82 Å². The van der Waals surface area contributed by atoms with E-state index in [4.69, 9.17) is 9.47 Å². The molecule has 1 aliphatic heterocycles. The highest BCUT2D eigenvalue weighted by atomic mass is 19.1. The van der Waals surface area contributed by atoms with Crippen molar-refractivity contribution in [2.24, 2.45) is 0 Å². The molecule has 0 spiro atoms. The van der Waals surface area contributed by atoms with E-state index in [-0.39, 0.29) is 23.4 Å². The minimum Gasteiger partial charge on any atom is -0.491 e. The topological polar surface area (TPSA) is 63.7 Å². The van der Waals surface area contributed by atoms with E-state index in [1.54, 1.807) is 24.5 Å². The number of benzene rings is 1. The molecule has 1 aliphatic rings. The van der Waals surface area contributed by atoms with Gasteiger partial charge in [-0.25, -0.2) is 0 Å². The van der Waals surface area contributed by atoms with Gasteiger partial charge in [0, 0.05) is 31.5 Å². The van der Waals surface area contributed by atoms with Gasteiger partial charge in [-0.3, -0.25) is 14.7 Å². The number of nitrogens with one attached hydrogen (secondary N) is 1. The first kappa shape index (κ1) is 23.0. The number of carbonyl (C=O) groups excluding carboxylic acids is 1. The van der Waals surface area contributed by atoms with E-state index in [0.717, 1.165) is 43.5 Å². The summed E-state index contributed by atoms with van der Waals surface area (Å²) in [5.41, 5.74) is 2.53. The second kappa shape index (κ2) is 11.1. The lowest BCUT2D eigenvalue weighted by Gasteiger charge is -2.21. The van der Waals surface area contributed by atoms with Crippen LogP contribution in [0.1, 0.15) is 54.6 Å². The Balaban J connectivity index is 1.61. The molecule has 1 saturated heterocycles. The molecule has 3 rings (SSSR count). The second-order valence-corrected chi connectivity index (χ2v) is 7.90. The molecule has 0 aliphatic carbocycles. The van der Waals surface area contributed by atoms with Gasteiger partial charge in [-0.2, -0.15) is 4.39 Å². The summed E-state index contributed by atoms with van der Waals surface area (Å²) in [5.74, 6) is -0.0574. The van der Waals surface area contributed by atoms with Crippen LogP contribution < -0.4 is 14.8 Å². The lowest BCUT2D eigenvalue weighted by atomic mass is 10.1. The van der Waals surface area contributed by atoms with Gasteiger partial charge in [-0.15, -0.1) is 0 Å². The van der Waals surface area contributed by atoms with Crippen LogP contribution in [0.25, 0.3) is 0 Å². The number of ether oxygens (including phenoxy) is 2. The Bertz CT molecular complexity index is 863. The first-order valence-corrected chi connectivity index (χ1v) is 11.0. The zero-order chi connectivity index (χ0) is 22.2. The average molecular weight is 430 g/mol. The Morgan fingerprint density at radius 3 is 2.48 bits per heavy atom. The Hall–Kier alpha value is -2.67. The molecule has 7 heteroatoms. The zero-order valence-electron chi connectivity index (χ0n) is 18.6. The normalized spacial score (nSPS) is 17.1. The molecule has 0 radical (unpaired) electrons. The molecule has 1 N–H and O–H groups in total. The van der Waals surface area contributed by atoms with Crippen molar-refractivity contribution in [3.05, 3.63) is 53.1 Å². The van der Waals surface area contributed by atoms with Gasteiger partial charge in [0.15, 0.2) is 11.5 Å². The molecular weight excluding hydrogens is 397 g/mol. The number of likely N-dealkylation sites (tertiary alicyclic amines) is 1. The summed E-state index contributed by atoms with van der Waals surface area (Å²) in [6.45, 7) is 8.84. The quantitative estimate of drug-likeness (QED) is 0.684. The van der Waals surface area contributed by atoms with Crippen molar-refractivity contribution in [2.45, 2.75) is 52.6 Å². The van der Waals surface area contributed by atoms with Crippen LogP contribution in [0, 0.1) is 12.7 Å². The largest absolute Gasteiger partial charge is 0.491 e. The van der Waals surface area contributed by atoms with Crippen LogP contribution in [-0.4, -0.2) is 48.1 Å². The number of halogens is 1. The third kappa shape index (κ3) is 6.40. The van der Waals surface area contributed by atoms with Crippen molar-refractivity contribution >= 4 is 5.91 Å². The molecule has 6 nitrogen and oxygen atoms in total. The van der Waals surface area contributed by atoms with Crippen molar-refractivity contribution in [1.82, 2.24) is 15.2 Å². The third-order valence-electron chi connectivity index (χ3n) is 5.36. The number of nitrogens with zero attached hydrogens (tertiary/aromatic N) is 2. The van der Waals surface area contributed by atoms with Crippen molar-refractivity contribution in [3.8, 4) is 11.5 Å². The highest BCUT2D eigenvalue weighted by Crippen LogP contribution is 2.30. The van der Waals surface area contributed by atoms with Crippen molar-refractivity contribution in [3.63, 3.8) is 0 Å². The summed E-state index contributed by atoms with van der Waals surface area (Å²) in [4.78, 5) is 19.0. The first-order chi connectivity index (χ1) is 15.0. The van der Waals surface area contributed by atoms with Gasteiger partial charge in [-0.1, -0.05) is 0 Å². The predicted octanol–water partition coefficient (Wildman–Crippen LogP) is 4.11. The van der Waals surface area contributed by atoms with E-state index in [0.29, 0.717) is 25.3 Å². The van der Waals surface area contributed by atoms with Gasteiger partial charge in [-0.05, 0) is 75.9 Å². The maximum absolute atomic E-state index is 14.5. The third-order valence-corrected chi connectivity index (χ3v) is 5.36. The number of carbonyl (C=O) groups is 1. The average Bonchev–Trinajstić information content (AvgIpc) is 2.96. The monoisotopic (exact) mass is 429 g/mol. The first-order valence-electron chi connectivity index (χ1n) is 11.0. The molecule has 0 saturated carbocycles. The Labute approximate surface area is 183 Å². The van der Waals surface area contributed by atoms with E-state index in [1.165, 1.54) is 0 Å². The fourth-order valence-corrected chi connectivity index (χ4v) is 3.90. The summed E-state index contributed by atoms with van der Waals surface area (Å²) >= 11 is 0. The van der Waals surface area contributed by atoms with E-state index in [2.05, 4.69) is 15.2 Å². The molecule has 1 atom stereocenters.